The molecule has 0 spiro atoms. The molecule has 240 valence electrons. The van der Waals surface area contributed by atoms with Crippen LogP contribution in [-0.2, 0) is 28.9 Å². The zero-order chi connectivity index (χ0) is 32.8. The summed E-state index contributed by atoms with van der Waals surface area (Å²) in [7, 11) is 4.79. The third-order valence-corrected chi connectivity index (χ3v) is 6.44. The van der Waals surface area contributed by atoms with Gasteiger partial charge in [0.15, 0.2) is 0 Å². The maximum atomic E-state index is 15.4. The molecule has 1 aliphatic heterocycles. The first-order valence-electron chi connectivity index (χ1n) is 14.4. The second-order valence-electron chi connectivity index (χ2n) is 12.7. The van der Waals surface area contributed by atoms with Gasteiger partial charge in [0.25, 0.3) is 0 Å². The number of rotatable bonds is 6. The highest BCUT2D eigenvalue weighted by molar-refractivity contribution is 5.99. The second-order valence-corrected chi connectivity index (χ2v) is 12.7. The van der Waals surface area contributed by atoms with Crippen molar-refractivity contribution in [1.82, 2.24) is 19.6 Å². The Balaban J connectivity index is 1.96. The number of benzene rings is 2. The Morgan fingerprint density at radius 2 is 1.45 bits per heavy atom. The van der Waals surface area contributed by atoms with Crippen molar-refractivity contribution in [3.63, 3.8) is 0 Å². The van der Waals surface area contributed by atoms with Gasteiger partial charge >= 0.3 is 18.2 Å². The van der Waals surface area contributed by atoms with Gasteiger partial charge in [0.1, 0.15) is 22.8 Å². The van der Waals surface area contributed by atoms with E-state index in [0.717, 1.165) is 11.3 Å². The van der Waals surface area contributed by atoms with E-state index in [9.17, 15) is 14.4 Å². The number of halogens is 1. The first-order chi connectivity index (χ1) is 20.5. The van der Waals surface area contributed by atoms with Crippen LogP contribution in [0.4, 0.5) is 18.8 Å². The molecule has 1 heterocycles. The standard InChI is InChI=1S/C32H44FN5O6/c1-31(2,3)43-28(39)34-27(37-20-35(7)29(40)36(8)21-37)38(30(41)44-32(4,5)6)19-23-11-15-24(26(33)18-23)14-10-22-12-16-25(42-9)17-13-22/h11-13,15-18H,10,14,19-21H2,1-9H3/b34-27+. The van der Waals surface area contributed by atoms with Crippen molar-refractivity contribution >= 4 is 24.2 Å². The van der Waals surface area contributed by atoms with Crippen LogP contribution in [0.5, 0.6) is 5.75 Å². The molecule has 0 unspecified atom stereocenters. The molecule has 11 nitrogen and oxygen atoms in total. The van der Waals surface area contributed by atoms with Crippen molar-refractivity contribution in [2.45, 2.75) is 72.1 Å². The lowest BCUT2D eigenvalue weighted by molar-refractivity contribution is 0.0300. The van der Waals surface area contributed by atoms with Crippen LogP contribution in [0.25, 0.3) is 0 Å². The average Bonchev–Trinajstić information content (AvgIpc) is 2.91. The van der Waals surface area contributed by atoms with Crippen molar-refractivity contribution in [1.29, 1.82) is 0 Å². The minimum atomic E-state index is -0.927. The van der Waals surface area contributed by atoms with Gasteiger partial charge in [-0.1, -0.05) is 24.3 Å². The van der Waals surface area contributed by atoms with Gasteiger partial charge in [0, 0.05) is 14.1 Å². The maximum Gasteiger partial charge on any atom is 0.437 e. The van der Waals surface area contributed by atoms with E-state index in [1.165, 1.54) is 20.8 Å². The van der Waals surface area contributed by atoms with Gasteiger partial charge in [-0.3, -0.25) is 0 Å². The first kappa shape index (κ1) is 34.1. The molecule has 1 aliphatic rings. The predicted octanol–water partition coefficient (Wildman–Crippen LogP) is 5.86. The van der Waals surface area contributed by atoms with Gasteiger partial charge in [-0.05, 0) is 89.3 Å². The molecule has 3 rings (SSSR count). The number of nitrogens with zero attached hydrogens (tertiary/aromatic N) is 5. The van der Waals surface area contributed by atoms with E-state index in [1.54, 1.807) is 79.8 Å². The highest BCUT2D eigenvalue weighted by Crippen LogP contribution is 2.21. The van der Waals surface area contributed by atoms with Crippen LogP contribution in [0.1, 0.15) is 58.2 Å². The van der Waals surface area contributed by atoms with Gasteiger partial charge in [0.05, 0.1) is 27.0 Å². The van der Waals surface area contributed by atoms with Crippen molar-refractivity contribution < 1.29 is 33.0 Å². The number of ether oxygens (including phenoxy) is 3. The fourth-order valence-corrected chi connectivity index (χ4v) is 4.44. The number of urea groups is 1. The van der Waals surface area contributed by atoms with Crippen LogP contribution in [0, 0.1) is 5.82 Å². The Morgan fingerprint density at radius 3 is 1.98 bits per heavy atom. The zero-order valence-electron chi connectivity index (χ0n) is 27.1. The largest absolute Gasteiger partial charge is 0.497 e. The lowest BCUT2D eigenvalue weighted by atomic mass is 10.0. The Labute approximate surface area is 259 Å². The monoisotopic (exact) mass is 613 g/mol. The number of aliphatic imine (C=N–C) groups is 1. The number of aryl methyl sites for hydroxylation is 2. The number of carbonyl (C=O) groups excluding carboxylic acids is 3. The second kappa shape index (κ2) is 14.0. The summed E-state index contributed by atoms with van der Waals surface area (Å²) >= 11 is 0. The summed E-state index contributed by atoms with van der Waals surface area (Å²) < 4.78 is 31.7. The van der Waals surface area contributed by atoms with Crippen molar-refractivity contribution in [3.05, 3.63) is 65.0 Å². The van der Waals surface area contributed by atoms with Crippen LogP contribution in [-0.4, -0.2) is 89.5 Å². The molecule has 0 saturated carbocycles. The third-order valence-electron chi connectivity index (χ3n) is 6.44. The van der Waals surface area contributed by atoms with Crippen LogP contribution in [0.3, 0.4) is 0 Å². The van der Waals surface area contributed by atoms with E-state index in [0.29, 0.717) is 24.0 Å². The normalized spacial score (nSPS) is 14.5. The highest BCUT2D eigenvalue weighted by Gasteiger charge is 2.35. The maximum absolute atomic E-state index is 15.4. The topological polar surface area (TPSA) is 104 Å². The molecule has 44 heavy (non-hydrogen) atoms. The molecule has 2 aromatic carbocycles. The Kier molecular flexibility index (Phi) is 10.8. The lowest BCUT2D eigenvalue weighted by Crippen LogP contribution is -2.60. The van der Waals surface area contributed by atoms with Gasteiger partial charge < -0.3 is 28.9 Å². The SMILES string of the molecule is COc1ccc(CCc2ccc(CN(C(=O)OC(C)(C)C)/C(=N/C(=O)OC(C)(C)C)N3CN(C)C(=O)N(C)C3)cc2F)cc1. The molecule has 0 atom stereocenters. The van der Waals surface area contributed by atoms with Gasteiger partial charge in [-0.25, -0.2) is 23.7 Å². The summed E-state index contributed by atoms with van der Waals surface area (Å²) in [4.78, 5) is 48.8. The summed E-state index contributed by atoms with van der Waals surface area (Å²) in [6.45, 7) is 10.1. The summed E-state index contributed by atoms with van der Waals surface area (Å²) in [5.74, 6) is 0.236. The zero-order valence-corrected chi connectivity index (χ0v) is 27.1. The van der Waals surface area contributed by atoms with E-state index < -0.39 is 29.2 Å². The molecule has 0 aliphatic carbocycles. The van der Waals surface area contributed by atoms with E-state index in [-0.39, 0.29) is 31.9 Å². The van der Waals surface area contributed by atoms with Crippen molar-refractivity contribution in [2.24, 2.45) is 4.99 Å². The molecule has 1 fully saturated rings. The van der Waals surface area contributed by atoms with E-state index in [2.05, 4.69) is 4.99 Å². The molecule has 4 amide bonds. The summed E-state index contributed by atoms with van der Waals surface area (Å²) in [6, 6.07) is 12.2. The van der Waals surface area contributed by atoms with E-state index >= 15 is 4.39 Å². The predicted molar refractivity (Wildman–Crippen MR) is 165 cm³/mol. The first-order valence-corrected chi connectivity index (χ1v) is 14.4. The molecular weight excluding hydrogens is 569 g/mol. The van der Waals surface area contributed by atoms with Gasteiger partial charge in [-0.15, -0.1) is 4.99 Å². The number of hydrogen-bond donors (Lipinski definition) is 0. The summed E-state index contributed by atoms with van der Waals surface area (Å²) in [5.41, 5.74) is 0.290. The van der Waals surface area contributed by atoms with Crippen molar-refractivity contribution in [3.8, 4) is 5.75 Å². The van der Waals surface area contributed by atoms with Crippen LogP contribution >= 0.6 is 0 Å². The molecule has 0 aromatic heterocycles. The number of carbonyl (C=O) groups is 3. The molecule has 2 aromatic rings. The third kappa shape index (κ3) is 9.85. The fourth-order valence-electron chi connectivity index (χ4n) is 4.44. The highest BCUT2D eigenvalue weighted by atomic mass is 19.1. The summed E-state index contributed by atoms with van der Waals surface area (Å²) in [6.07, 6.45) is -0.625. The Bertz CT molecular complexity index is 1350. The number of guanidine groups is 1. The number of hydrogen-bond acceptors (Lipinski definition) is 6. The van der Waals surface area contributed by atoms with Crippen LogP contribution < -0.4 is 4.74 Å². The Morgan fingerprint density at radius 1 is 0.886 bits per heavy atom. The molecule has 1 saturated heterocycles. The molecule has 12 heteroatoms. The smallest absolute Gasteiger partial charge is 0.437 e. The molecule has 0 radical (unpaired) electrons. The van der Waals surface area contributed by atoms with E-state index in [4.69, 9.17) is 14.2 Å². The van der Waals surface area contributed by atoms with Gasteiger partial charge in [0.2, 0.25) is 5.96 Å². The Hall–Kier alpha value is -4.35. The van der Waals surface area contributed by atoms with Crippen molar-refractivity contribution in [2.75, 3.05) is 34.5 Å². The van der Waals surface area contributed by atoms with Crippen LogP contribution in [0.2, 0.25) is 0 Å². The molecule has 0 bridgehead atoms. The number of amides is 4. The average molecular weight is 614 g/mol. The lowest BCUT2D eigenvalue weighted by Gasteiger charge is -2.42. The molecule has 0 N–H and O–H groups in total. The van der Waals surface area contributed by atoms with Crippen LogP contribution in [0.15, 0.2) is 47.5 Å². The minimum absolute atomic E-state index is 0.0305. The minimum Gasteiger partial charge on any atom is -0.497 e. The molecular formula is C32H44FN5O6. The summed E-state index contributed by atoms with van der Waals surface area (Å²) in [5, 5.41) is 0. The quantitative estimate of drug-likeness (QED) is 0.297. The fraction of sp³-hybridized carbons (Fsp3) is 0.500. The van der Waals surface area contributed by atoms with Gasteiger partial charge in [-0.2, -0.15) is 0 Å². The van der Waals surface area contributed by atoms with E-state index in [1.807, 2.05) is 24.3 Å². The number of methoxy groups -OCH3 is 1.